The summed E-state index contributed by atoms with van der Waals surface area (Å²) in [6.07, 6.45) is 5.26. The van der Waals surface area contributed by atoms with Crippen LogP contribution in [0.25, 0.3) is 10.9 Å². The van der Waals surface area contributed by atoms with Crippen molar-refractivity contribution < 1.29 is 24.1 Å². The number of ether oxygens (including phenoxy) is 1. The second-order valence-electron chi connectivity index (χ2n) is 10.8. The number of aromatic carboxylic acids is 1. The molecule has 2 aliphatic heterocycles. The van der Waals surface area contributed by atoms with Gasteiger partial charge in [-0.15, -0.1) is 0 Å². The van der Waals surface area contributed by atoms with E-state index >= 15 is 4.39 Å². The first-order valence-corrected chi connectivity index (χ1v) is 13.3. The molecule has 1 saturated carbocycles. The Kier molecular flexibility index (Phi) is 6.36. The SMILES string of the molecule is COc1c(N2C[C@@H]3CCCN(Cc4ccc(CO)cc4)[C@@H]3C2)c(F)cc2c(=O)c(C(=O)O)cn(C3CC3)c12. The second-order valence-corrected chi connectivity index (χ2v) is 10.8. The lowest BCUT2D eigenvalue weighted by Gasteiger charge is -2.36. The van der Waals surface area contributed by atoms with Gasteiger partial charge in [0.2, 0.25) is 5.43 Å². The summed E-state index contributed by atoms with van der Waals surface area (Å²) in [5, 5.41) is 19.0. The van der Waals surface area contributed by atoms with Gasteiger partial charge in [0.05, 0.1) is 24.6 Å². The zero-order chi connectivity index (χ0) is 26.6. The fraction of sp³-hybridized carbons (Fsp3) is 0.448. The fourth-order valence-electron chi connectivity index (χ4n) is 6.36. The van der Waals surface area contributed by atoms with Gasteiger partial charge in [0.1, 0.15) is 11.3 Å². The molecule has 0 spiro atoms. The van der Waals surface area contributed by atoms with Gasteiger partial charge in [-0.3, -0.25) is 9.69 Å². The molecular weight excluding hydrogens is 489 g/mol. The number of carbonyl (C=O) groups is 1. The second kappa shape index (κ2) is 9.71. The van der Waals surface area contributed by atoms with Crippen LogP contribution in [-0.4, -0.2) is 58.4 Å². The minimum absolute atomic E-state index is 0.0228. The van der Waals surface area contributed by atoms with Gasteiger partial charge in [-0.2, -0.15) is 0 Å². The standard InChI is InChI=1S/C29H32FN3O5/c1-38-28-25-21(27(35)22(29(36)37)14-33(25)20-8-9-20)11-23(30)26(28)32-13-19-3-2-10-31(24(19)15-32)12-17-4-6-18(16-34)7-5-17/h4-7,11,14,19-20,24,34H,2-3,8-10,12-13,15-16H2,1H3,(H,36,37)/t19-,24+/m0/s1. The molecule has 0 unspecified atom stereocenters. The van der Waals surface area contributed by atoms with Crippen LogP contribution in [0.5, 0.6) is 5.75 Å². The number of piperidine rings is 1. The molecule has 2 aromatic carbocycles. The highest BCUT2D eigenvalue weighted by atomic mass is 19.1. The lowest BCUT2D eigenvalue weighted by molar-refractivity contribution is 0.0694. The van der Waals surface area contributed by atoms with Crippen molar-refractivity contribution in [2.45, 2.75) is 50.9 Å². The normalized spacial score (nSPS) is 21.6. The number of aliphatic hydroxyl groups is 1. The van der Waals surface area contributed by atoms with Crippen LogP contribution >= 0.6 is 0 Å². The molecule has 0 radical (unpaired) electrons. The summed E-state index contributed by atoms with van der Waals surface area (Å²) < 4.78 is 23.4. The lowest BCUT2D eigenvalue weighted by Crippen LogP contribution is -2.44. The van der Waals surface area contributed by atoms with Crippen LogP contribution in [0.15, 0.2) is 41.3 Å². The molecule has 0 amide bonds. The summed E-state index contributed by atoms with van der Waals surface area (Å²) in [7, 11) is 1.48. The van der Waals surface area contributed by atoms with Crippen LogP contribution in [0.2, 0.25) is 0 Å². The highest BCUT2D eigenvalue weighted by molar-refractivity contribution is 5.97. The van der Waals surface area contributed by atoms with Crippen molar-refractivity contribution in [3.05, 3.63) is 69.3 Å². The molecule has 1 aromatic heterocycles. The zero-order valence-electron chi connectivity index (χ0n) is 21.4. The predicted molar refractivity (Wildman–Crippen MR) is 141 cm³/mol. The number of anilines is 1. The summed E-state index contributed by atoms with van der Waals surface area (Å²) in [5.41, 5.74) is 1.83. The van der Waals surface area contributed by atoms with E-state index in [0.717, 1.165) is 44.3 Å². The van der Waals surface area contributed by atoms with Gasteiger partial charge in [0, 0.05) is 37.9 Å². The molecule has 2 saturated heterocycles. The number of likely N-dealkylation sites (tertiary alicyclic amines) is 1. The van der Waals surface area contributed by atoms with Crippen molar-refractivity contribution in [2.24, 2.45) is 5.92 Å². The van der Waals surface area contributed by atoms with Gasteiger partial charge in [-0.1, -0.05) is 24.3 Å². The Labute approximate surface area is 219 Å². The van der Waals surface area contributed by atoms with Crippen LogP contribution < -0.4 is 15.1 Å². The quantitative estimate of drug-likeness (QED) is 0.489. The molecule has 1 aliphatic carbocycles. The highest BCUT2D eigenvalue weighted by Crippen LogP contribution is 2.45. The molecule has 2 N–H and O–H groups in total. The van der Waals surface area contributed by atoms with E-state index in [-0.39, 0.29) is 29.6 Å². The monoisotopic (exact) mass is 521 g/mol. The molecule has 0 bridgehead atoms. The maximum atomic E-state index is 15.8. The number of nitrogens with zero attached hydrogens (tertiary/aromatic N) is 3. The van der Waals surface area contributed by atoms with Gasteiger partial charge in [0.15, 0.2) is 11.6 Å². The molecule has 3 aromatic rings. The smallest absolute Gasteiger partial charge is 0.341 e. The Bertz CT molecular complexity index is 1450. The van der Waals surface area contributed by atoms with Crippen molar-refractivity contribution in [3.8, 4) is 5.75 Å². The van der Waals surface area contributed by atoms with Gasteiger partial charge in [-0.25, -0.2) is 9.18 Å². The maximum absolute atomic E-state index is 15.8. The molecule has 9 heteroatoms. The molecule has 3 aliphatic rings. The van der Waals surface area contributed by atoms with Crippen LogP contribution in [0.4, 0.5) is 10.1 Å². The molecule has 3 fully saturated rings. The largest absolute Gasteiger partial charge is 0.492 e. The third kappa shape index (κ3) is 4.23. The number of rotatable bonds is 7. The van der Waals surface area contributed by atoms with Crippen molar-refractivity contribution in [3.63, 3.8) is 0 Å². The van der Waals surface area contributed by atoms with Crippen LogP contribution in [0, 0.1) is 11.7 Å². The first kappa shape index (κ1) is 24.9. The number of pyridine rings is 1. The minimum atomic E-state index is -1.32. The predicted octanol–water partition coefficient (Wildman–Crippen LogP) is 3.78. The van der Waals surface area contributed by atoms with E-state index in [9.17, 15) is 19.8 Å². The van der Waals surface area contributed by atoms with Crippen LogP contribution in [-0.2, 0) is 13.2 Å². The molecule has 200 valence electrons. The molecule has 6 rings (SSSR count). The van der Waals surface area contributed by atoms with E-state index < -0.39 is 17.2 Å². The van der Waals surface area contributed by atoms with Gasteiger partial charge in [-0.05, 0) is 55.3 Å². The molecular formula is C29H32FN3O5. The number of carboxylic acid groups (broad SMARTS) is 1. The van der Waals surface area contributed by atoms with Crippen LogP contribution in [0.3, 0.4) is 0 Å². The summed E-state index contributed by atoms with van der Waals surface area (Å²) in [5.74, 6) is -1.21. The Morgan fingerprint density at radius 2 is 1.87 bits per heavy atom. The Morgan fingerprint density at radius 3 is 2.53 bits per heavy atom. The number of methoxy groups -OCH3 is 1. The Balaban J connectivity index is 1.37. The molecule has 3 heterocycles. The molecule has 2 atom stereocenters. The van der Waals surface area contributed by atoms with E-state index in [1.54, 1.807) is 4.57 Å². The topological polar surface area (TPSA) is 95.2 Å². The van der Waals surface area contributed by atoms with Crippen molar-refractivity contribution >= 4 is 22.6 Å². The number of hydrogen-bond acceptors (Lipinski definition) is 6. The number of aromatic nitrogens is 1. The summed E-state index contributed by atoms with van der Waals surface area (Å²) in [6.45, 7) is 3.10. The van der Waals surface area contributed by atoms with E-state index in [0.29, 0.717) is 36.0 Å². The van der Waals surface area contributed by atoms with E-state index in [4.69, 9.17) is 4.74 Å². The van der Waals surface area contributed by atoms with E-state index in [1.807, 2.05) is 17.0 Å². The minimum Gasteiger partial charge on any atom is -0.492 e. The maximum Gasteiger partial charge on any atom is 0.341 e. The average Bonchev–Trinajstić information content (AvgIpc) is 3.67. The molecule has 38 heavy (non-hydrogen) atoms. The lowest BCUT2D eigenvalue weighted by atomic mass is 9.91. The number of halogens is 1. The Hall–Kier alpha value is -3.43. The van der Waals surface area contributed by atoms with Gasteiger partial charge in [0.25, 0.3) is 0 Å². The fourth-order valence-corrected chi connectivity index (χ4v) is 6.36. The molecule has 8 nitrogen and oxygen atoms in total. The average molecular weight is 522 g/mol. The number of hydrogen-bond donors (Lipinski definition) is 2. The first-order chi connectivity index (χ1) is 18.4. The third-order valence-electron chi connectivity index (χ3n) is 8.38. The third-order valence-corrected chi connectivity index (χ3v) is 8.38. The number of benzene rings is 2. The summed E-state index contributed by atoms with van der Waals surface area (Å²) in [4.78, 5) is 29.3. The summed E-state index contributed by atoms with van der Waals surface area (Å²) >= 11 is 0. The number of carboxylic acids is 1. The number of aliphatic hydroxyl groups excluding tert-OH is 1. The van der Waals surface area contributed by atoms with E-state index in [2.05, 4.69) is 17.0 Å². The van der Waals surface area contributed by atoms with Gasteiger partial charge >= 0.3 is 5.97 Å². The van der Waals surface area contributed by atoms with Crippen molar-refractivity contribution in [1.82, 2.24) is 9.47 Å². The van der Waals surface area contributed by atoms with Crippen LogP contribution in [0.1, 0.15) is 53.2 Å². The zero-order valence-corrected chi connectivity index (χ0v) is 21.4. The Morgan fingerprint density at radius 1 is 1.13 bits per heavy atom. The summed E-state index contributed by atoms with van der Waals surface area (Å²) in [6, 6.07) is 9.51. The number of fused-ring (bicyclic) bond motifs is 2. The highest BCUT2D eigenvalue weighted by Gasteiger charge is 2.41. The van der Waals surface area contributed by atoms with Crippen molar-refractivity contribution in [1.29, 1.82) is 0 Å². The van der Waals surface area contributed by atoms with E-state index in [1.165, 1.54) is 24.9 Å². The first-order valence-electron chi connectivity index (χ1n) is 13.3. The van der Waals surface area contributed by atoms with Gasteiger partial charge < -0.3 is 24.4 Å². The van der Waals surface area contributed by atoms with Crippen molar-refractivity contribution in [2.75, 3.05) is 31.6 Å².